The van der Waals surface area contributed by atoms with Crippen molar-refractivity contribution in [1.29, 1.82) is 0 Å². The van der Waals surface area contributed by atoms with Gasteiger partial charge in [-0.25, -0.2) is 0 Å². The van der Waals surface area contributed by atoms with Crippen molar-refractivity contribution in [3.8, 4) is 0 Å². The molecule has 1 atom stereocenters. The molecule has 3 heteroatoms. The van der Waals surface area contributed by atoms with Crippen LogP contribution in [0.1, 0.15) is 29.2 Å². The third-order valence-electron chi connectivity index (χ3n) is 4.37. The van der Waals surface area contributed by atoms with Crippen molar-refractivity contribution in [3.05, 3.63) is 101 Å². The molecule has 0 aliphatic carbocycles. The predicted molar refractivity (Wildman–Crippen MR) is 105 cm³/mol. The van der Waals surface area contributed by atoms with Gasteiger partial charge in [0.05, 0.1) is 5.69 Å². The van der Waals surface area contributed by atoms with Gasteiger partial charge in [0, 0.05) is 17.8 Å². The number of pyridine rings is 1. The number of aromatic nitrogens is 1. The van der Waals surface area contributed by atoms with Gasteiger partial charge in [-0.3, -0.25) is 4.98 Å². The first-order valence-corrected chi connectivity index (χ1v) is 9.09. The van der Waals surface area contributed by atoms with Gasteiger partial charge in [0.2, 0.25) is 0 Å². The Hall–Kier alpha value is -2.16. The van der Waals surface area contributed by atoms with Crippen LogP contribution in [0.15, 0.2) is 79.0 Å². The van der Waals surface area contributed by atoms with Gasteiger partial charge in [-0.2, -0.15) is 0 Å². The van der Waals surface area contributed by atoms with E-state index in [-0.39, 0.29) is 0 Å². The highest BCUT2D eigenvalue weighted by Gasteiger charge is 2.12. The lowest BCUT2D eigenvalue weighted by atomic mass is 9.89. The number of hydrogen-bond acceptors (Lipinski definition) is 2. The Morgan fingerprint density at radius 2 is 1.64 bits per heavy atom. The average Bonchev–Trinajstić information content (AvgIpc) is 2.67. The molecule has 1 heterocycles. The van der Waals surface area contributed by atoms with Gasteiger partial charge < -0.3 is 5.32 Å². The van der Waals surface area contributed by atoms with Crippen LogP contribution in [0, 0.1) is 0 Å². The summed E-state index contributed by atoms with van der Waals surface area (Å²) in [5.41, 5.74) is 3.79. The number of halogens is 1. The summed E-state index contributed by atoms with van der Waals surface area (Å²) in [5, 5.41) is 4.30. The summed E-state index contributed by atoms with van der Waals surface area (Å²) in [5.74, 6) is 0.468. The molecule has 0 bridgehead atoms. The molecule has 0 unspecified atom stereocenters. The van der Waals surface area contributed by atoms with Crippen LogP contribution in [0.2, 0.25) is 5.02 Å². The Morgan fingerprint density at radius 3 is 2.36 bits per heavy atom. The van der Waals surface area contributed by atoms with E-state index in [0.717, 1.165) is 36.6 Å². The van der Waals surface area contributed by atoms with E-state index in [4.69, 9.17) is 11.6 Å². The van der Waals surface area contributed by atoms with Crippen LogP contribution in [0.4, 0.5) is 0 Å². The van der Waals surface area contributed by atoms with Gasteiger partial charge in [-0.1, -0.05) is 60.1 Å². The summed E-state index contributed by atoms with van der Waals surface area (Å²) >= 11 is 6.05. The summed E-state index contributed by atoms with van der Waals surface area (Å²) in [6.45, 7) is 1.76. The van der Waals surface area contributed by atoms with Crippen molar-refractivity contribution in [1.82, 2.24) is 10.3 Å². The normalized spacial score (nSPS) is 12.0. The summed E-state index contributed by atoms with van der Waals surface area (Å²) in [6.07, 6.45) is 3.94. The minimum atomic E-state index is 0.468. The van der Waals surface area contributed by atoms with Crippen molar-refractivity contribution < 1.29 is 0 Å². The topological polar surface area (TPSA) is 24.9 Å². The van der Waals surface area contributed by atoms with E-state index in [1.54, 1.807) is 0 Å². The van der Waals surface area contributed by atoms with Crippen molar-refractivity contribution in [2.24, 2.45) is 0 Å². The van der Waals surface area contributed by atoms with Crippen molar-refractivity contribution in [2.45, 2.75) is 25.3 Å². The van der Waals surface area contributed by atoms with E-state index in [2.05, 4.69) is 52.8 Å². The second-order valence-electron chi connectivity index (χ2n) is 6.22. The molecular formula is C22H23ClN2. The molecule has 0 saturated carbocycles. The van der Waals surface area contributed by atoms with Gasteiger partial charge in [0.15, 0.2) is 0 Å². The highest BCUT2D eigenvalue weighted by atomic mass is 35.5. The molecular weight excluding hydrogens is 328 g/mol. The fourth-order valence-corrected chi connectivity index (χ4v) is 3.14. The van der Waals surface area contributed by atoms with Crippen LogP contribution in [0.3, 0.4) is 0 Å². The number of nitrogens with zero attached hydrogens (tertiary/aromatic N) is 1. The predicted octanol–water partition coefficient (Wildman–Crippen LogP) is 5.24. The Kier molecular flexibility index (Phi) is 6.61. The molecule has 0 radical (unpaired) electrons. The van der Waals surface area contributed by atoms with Crippen LogP contribution < -0.4 is 5.32 Å². The zero-order valence-electron chi connectivity index (χ0n) is 14.2. The second-order valence-corrected chi connectivity index (χ2v) is 6.66. The average molecular weight is 351 g/mol. The van der Waals surface area contributed by atoms with E-state index in [0.29, 0.717) is 5.92 Å². The van der Waals surface area contributed by atoms with Gasteiger partial charge in [0.1, 0.15) is 0 Å². The van der Waals surface area contributed by atoms with Crippen molar-refractivity contribution in [2.75, 3.05) is 6.54 Å². The Labute approximate surface area is 154 Å². The van der Waals surface area contributed by atoms with Crippen LogP contribution >= 0.6 is 11.6 Å². The lowest BCUT2D eigenvalue weighted by molar-refractivity contribution is 0.560. The second kappa shape index (κ2) is 9.36. The largest absolute Gasteiger partial charge is 0.311 e. The van der Waals surface area contributed by atoms with Gasteiger partial charge in [0.25, 0.3) is 0 Å². The lowest BCUT2D eigenvalue weighted by Gasteiger charge is -2.18. The minimum absolute atomic E-state index is 0.468. The minimum Gasteiger partial charge on any atom is -0.311 e. The number of benzene rings is 2. The summed E-state index contributed by atoms with van der Waals surface area (Å²) in [7, 11) is 0. The van der Waals surface area contributed by atoms with E-state index in [1.807, 2.05) is 36.5 Å². The molecule has 0 aliphatic rings. The van der Waals surface area contributed by atoms with E-state index < -0.39 is 0 Å². The number of rotatable bonds is 8. The molecule has 0 aliphatic heterocycles. The first-order chi connectivity index (χ1) is 12.3. The lowest BCUT2D eigenvalue weighted by Crippen LogP contribution is -2.18. The molecule has 0 fully saturated rings. The molecule has 25 heavy (non-hydrogen) atoms. The van der Waals surface area contributed by atoms with Gasteiger partial charge >= 0.3 is 0 Å². The molecule has 0 spiro atoms. The highest BCUT2D eigenvalue weighted by molar-refractivity contribution is 6.30. The van der Waals surface area contributed by atoms with E-state index in [9.17, 15) is 0 Å². The quantitative estimate of drug-likeness (QED) is 0.562. The van der Waals surface area contributed by atoms with Gasteiger partial charge in [-0.15, -0.1) is 0 Å². The first kappa shape index (κ1) is 17.7. The molecule has 128 valence electrons. The maximum Gasteiger partial charge on any atom is 0.0541 e. The zero-order valence-corrected chi connectivity index (χ0v) is 15.0. The molecule has 0 amide bonds. The molecule has 1 aromatic heterocycles. The number of nitrogens with one attached hydrogen (secondary N) is 1. The standard InChI is InChI=1S/C22H23ClN2/c23-21-11-9-19(10-12-21)20(16-18-6-2-1-3-7-18)13-15-24-17-22-8-4-5-14-25-22/h1-12,14,20,24H,13,15-17H2/t20-/m1/s1. The summed E-state index contributed by atoms with van der Waals surface area (Å²) in [6, 6.07) is 24.9. The third-order valence-corrected chi connectivity index (χ3v) is 4.62. The molecule has 2 aromatic carbocycles. The zero-order chi connectivity index (χ0) is 17.3. The monoisotopic (exact) mass is 350 g/mol. The molecule has 2 nitrogen and oxygen atoms in total. The molecule has 3 rings (SSSR count). The van der Waals surface area contributed by atoms with Crippen LogP contribution in [0.25, 0.3) is 0 Å². The van der Waals surface area contributed by atoms with Gasteiger partial charge in [-0.05, 0) is 60.7 Å². The highest BCUT2D eigenvalue weighted by Crippen LogP contribution is 2.25. The van der Waals surface area contributed by atoms with Crippen LogP contribution in [-0.4, -0.2) is 11.5 Å². The van der Waals surface area contributed by atoms with E-state index in [1.165, 1.54) is 11.1 Å². The fraction of sp³-hybridized carbons (Fsp3) is 0.227. The fourth-order valence-electron chi connectivity index (χ4n) is 3.02. The van der Waals surface area contributed by atoms with Crippen LogP contribution in [0.5, 0.6) is 0 Å². The Bertz CT molecular complexity index is 742. The smallest absolute Gasteiger partial charge is 0.0541 e. The Morgan fingerprint density at radius 1 is 0.880 bits per heavy atom. The third kappa shape index (κ3) is 5.70. The molecule has 0 saturated heterocycles. The SMILES string of the molecule is Clc1ccc([C@H](CCNCc2ccccn2)Cc2ccccc2)cc1. The van der Waals surface area contributed by atoms with Crippen LogP contribution in [-0.2, 0) is 13.0 Å². The van der Waals surface area contributed by atoms with E-state index >= 15 is 0 Å². The maximum absolute atomic E-state index is 6.05. The first-order valence-electron chi connectivity index (χ1n) is 8.71. The summed E-state index contributed by atoms with van der Waals surface area (Å²) < 4.78 is 0. The molecule has 1 N–H and O–H groups in total. The van der Waals surface area contributed by atoms with Crippen molar-refractivity contribution in [3.63, 3.8) is 0 Å². The Balaban J connectivity index is 1.60. The maximum atomic E-state index is 6.05. The summed E-state index contributed by atoms with van der Waals surface area (Å²) in [4.78, 5) is 4.35. The number of hydrogen-bond donors (Lipinski definition) is 1. The molecule has 3 aromatic rings. The van der Waals surface area contributed by atoms with Crippen molar-refractivity contribution >= 4 is 11.6 Å².